The first-order valence-corrected chi connectivity index (χ1v) is 10.4. The van der Waals surface area contributed by atoms with Gasteiger partial charge in [-0.15, -0.1) is 0 Å². The van der Waals surface area contributed by atoms with Gasteiger partial charge in [0.15, 0.2) is 0 Å². The summed E-state index contributed by atoms with van der Waals surface area (Å²) < 4.78 is 10.9. The lowest BCUT2D eigenvalue weighted by atomic mass is 9.92. The minimum Gasteiger partial charge on any atom is -0.491 e. The van der Waals surface area contributed by atoms with Crippen LogP contribution in [0.3, 0.4) is 0 Å². The first kappa shape index (κ1) is 22.3. The van der Waals surface area contributed by atoms with Gasteiger partial charge in [-0.1, -0.05) is 67.6 Å². The molecule has 31 heavy (non-hydrogen) atoms. The fourth-order valence-corrected chi connectivity index (χ4v) is 3.46. The summed E-state index contributed by atoms with van der Waals surface area (Å²) in [5.74, 6) is 0.0965. The normalized spacial score (nSPS) is 10.5. The van der Waals surface area contributed by atoms with Crippen LogP contribution in [0.15, 0.2) is 73.3 Å². The minimum atomic E-state index is -0.491. The van der Waals surface area contributed by atoms with Crippen LogP contribution in [0.5, 0.6) is 5.75 Å². The third-order valence-electron chi connectivity index (χ3n) is 5.13. The second-order valence-corrected chi connectivity index (χ2v) is 7.30. The van der Waals surface area contributed by atoms with E-state index < -0.39 is 5.97 Å². The van der Waals surface area contributed by atoms with E-state index in [4.69, 9.17) is 14.6 Å². The van der Waals surface area contributed by atoms with E-state index in [2.05, 4.69) is 62.9 Å². The van der Waals surface area contributed by atoms with Crippen molar-refractivity contribution in [3.8, 4) is 28.0 Å². The molecule has 3 aromatic carbocycles. The minimum absolute atomic E-state index is 0.0718. The molecule has 160 valence electrons. The molecule has 3 aromatic rings. The molecule has 0 heterocycles. The summed E-state index contributed by atoms with van der Waals surface area (Å²) in [7, 11) is 0. The van der Waals surface area contributed by atoms with Crippen LogP contribution in [0, 0.1) is 6.92 Å². The molecule has 0 spiro atoms. The second-order valence-electron chi connectivity index (χ2n) is 7.30. The number of carbonyl (C=O) groups excluding carboxylic acids is 1. The number of carbonyl (C=O) groups is 1. The summed E-state index contributed by atoms with van der Waals surface area (Å²) >= 11 is 0. The summed E-state index contributed by atoms with van der Waals surface area (Å²) in [5.41, 5.74) is 7.74. The van der Waals surface area contributed by atoms with Crippen molar-refractivity contribution in [1.29, 1.82) is 0 Å². The third-order valence-corrected chi connectivity index (χ3v) is 5.13. The van der Waals surface area contributed by atoms with Gasteiger partial charge in [-0.05, 0) is 53.3 Å². The predicted octanol–water partition coefficient (Wildman–Crippen LogP) is 5.49. The Balaban J connectivity index is 1.97. The Morgan fingerprint density at radius 3 is 2.32 bits per heavy atom. The fraction of sp³-hybridized carbons (Fsp3) is 0.222. The van der Waals surface area contributed by atoms with Crippen LogP contribution >= 0.6 is 0 Å². The Hall–Kier alpha value is -3.37. The lowest BCUT2D eigenvalue weighted by Gasteiger charge is -2.15. The second kappa shape index (κ2) is 10.6. The highest BCUT2D eigenvalue weighted by Crippen LogP contribution is 2.33. The van der Waals surface area contributed by atoms with E-state index >= 15 is 0 Å². The first-order valence-electron chi connectivity index (χ1n) is 10.4. The van der Waals surface area contributed by atoms with Gasteiger partial charge in [-0.2, -0.15) is 0 Å². The number of hydrogen-bond donors (Lipinski definition) is 1. The van der Waals surface area contributed by atoms with Gasteiger partial charge >= 0.3 is 5.97 Å². The fourth-order valence-electron chi connectivity index (χ4n) is 3.46. The number of aliphatic hydroxyl groups is 1. The summed E-state index contributed by atoms with van der Waals surface area (Å²) in [5, 5.41) is 9.09. The van der Waals surface area contributed by atoms with E-state index in [9.17, 15) is 4.79 Å². The number of rotatable bonds is 9. The molecule has 0 fully saturated rings. The quantitative estimate of drug-likeness (QED) is 0.370. The average molecular weight is 417 g/mol. The SMILES string of the molecule is C=CC(=O)OCc1cc(-c2ccc(-c3ccc(C)cc3)cc2CC)ccc1OCCO. The Morgan fingerprint density at radius 1 is 0.968 bits per heavy atom. The molecule has 3 rings (SSSR count). The molecule has 0 aliphatic rings. The van der Waals surface area contributed by atoms with Crippen LogP contribution in [0.1, 0.15) is 23.6 Å². The van der Waals surface area contributed by atoms with Gasteiger partial charge in [0.05, 0.1) is 6.61 Å². The number of aryl methyl sites for hydroxylation is 2. The highest BCUT2D eigenvalue weighted by atomic mass is 16.5. The Kier molecular flexibility index (Phi) is 7.63. The van der Waals surface area contributed by atoms with Crippen LogP contribution in [0.4, 0.5) is 0 Å². The van der Waals surface area contributed by atoms with Gasteiger partial charge in [-0.3, -0.25) is 0 Å². The Labute approximate surface area is 183 Å². The molecular weight excluding hydrogens is 388 g/mol. The van der Waals surface area contributed by atoms with E-state index in [0.717, 1.165) is 29.2 Å². The number of esters is 1. The molecule has 0 aliphatic carbocycles. The van der Waals surface area contributed by atoms with Gasteiger partial charge < -0.3 is 14.6 Å². The van der Waals surface area contributed by atoms with Crippen molar-refractivity contribution in [3.63, 3.8) is 0 Å². The van der Waals surface area contributed by atoms with E-state index in [-0.39, 0.29) is 19.8 Å². The summed E-state index contributed by atoms with van der Waals surface area (Å²) in [4.78, 5) is 11.5. The van der Waals surface area contributed by atoms with Crippen LogP contribution in [-0.2, 0) is 22.6 Å². The average Bonchev–Trinajstić information content (AvgIpc) is 2.81. The van der Waals surface area contributed by atoms with Gasteiger partial charge in [0.1, 0.15) is 19.0 Å². The number of hydrogen-bond acceptors (Lipinski definition) is 4. The van der Waals surface area contributed by atoms with Crippen molar-refractivity contribution >= 4 is 5.97 Å². The maximum absolute atomic E-state index is 11.5. The van der Waals surface area contributed by atoms with Gasteiger partial charge in [-0.25, -0.2) is 4.79 Å². The molecule has 1 N–H and O–H groups in total. The molecule has 0 radical (unpaired) electrons. The molecule has 0 saturated heterocycles. The largest absolute Gasteiger partial charge is 0.491 e. The summed E-state index contributed by atoms with van der Waals surface area (Å²) in [6.07, 6.45) is 2.02. The van der Waals surface area contributed by atoms with Crippen LogP contribution in [0.25, 0.3) is 22.3 Å². The summed E-state index contributed by atoms with van der Waals surface area (Å²) in [6, 6.07) is 20.8. The number of ether oxygens (including phenoxy) is 2. The van der Waals surface area contributed by atoms with Crippen molar-refractivity contribution in [1.82, 2.24) is 0 Å². The maximum atomic E-state index is 11.5. The Morgan fingerprint density at radius 2 is 1.65 bits per heavy atom. The predicted molar refractivity (Wildman–Crippen MR) is 124 cm³/mol. The van der Waals surface area contributed by atoms with E-state index in [1.165, 1.54) is 22.3 Å². The molecule has 0 bridgehead atoms. The molecule has 0 saturated carbocycles. The highest BCUT2D eigenvalue weighted by molar-refractivity contribution is 5.81. The lowest BCUT2D eigenvalue weighted by Crippen LogP contribution is -2.06. The Bertz CT molecular complexity index is 1050. The third kappa shape index (κ3) is 5.62. The van der Waals surface area contributed by atoms with Gasteiger partial charge in [0, 0.05) is 11.6 Å². The maximum Gasteiger partial charge on any atom is 0.330 e. The van der Waals surface area contributed by atoms with E-state index in [0.29, 0.717) is 5.75 Å². The number of aliphatic hydroxyl groups excluding tert-OH is 1. The van der Waals surface area contributed by atoms with Crippen LogP contribution < -0.4 is 4.74 Å². The molecule has 0 amide bonds. The monoisotopic (exact) mass is 416 g/mol. The summed E-state index contributed by atoms with van der Waals surface area (Å²) in [6.45, 7) is 7.82. The van der Waals surface area contributed by atoms with E-state index in [1.54, 1.807) is 0 Å². The molecule has 0 aliphatic heterocycles. The van der Waals surface area contributed by atoms with Crippen molar-refractivity contribution in [3.05, 3.63) is 90.0 Å². The van der Waals surface area contributed by atoms with Crippen molar-refractivity contribution in [2.75, 3.05) is 13.2 Å². The number of benzene rings is 3. The molecule has 0 unspecified atom stereocenters. The molecule has 4 nitrogen and oxygen atoms in total. The highest BCUT2D eigenvalue weighted by Gasteiger charge is 2.12. The van der Waals surface area contributed by atoms with Gasteiger partial charge in [0.2, 0.25) is 0 Å². The zero-order valence-electron chi connectivity index (χ0n) is 18.1. The topological polar surface area (TPSA) is 55.8 Å². The van der Waals surface area contributed by atoms with Crippen LogP contribution in [-0.4, -0.2) is 24.3 Å². The zero-order chi connectivity index (χ0) is 22.2. The standard InChI is InChI=1S/C27H28O4/c1-4-20-16-22(21-8-6-19(3)7-9-21)10-12-25(20)23-11-13-26(30-15-14-28)24(17-23)18-31-27(29)5-2/h5-13,16-17,28H,2,4,14-15,18H2,1,3H3. The van der Waals surface area contributed by atoms with E-state index in [1.807, 2.05) is 18.2 Å². The molecule has 0 aromatic heterocycles. The first-order chi connectivity index (χ1) is 15.0. The smallest absolute Gasteiger partial charge is 0.330 e. The molecule has 4 heteroatoms. The zero-order valence-corrected chi connectivity index (χ0v) is 18.1. The lowest BCUT2D eigenvalue weighted by molar-refractivity contribution is -0.139. The van der Waals surface area contributed by atoms with Crippen molar-refractivity contribution in [2.45, 2.75) is 26.9 Å². The van der Waals surface area contributed by atoms with Crippen LogP contribution in [0.2, 0.25) is 0 Å². The molecule has 0 atom stereocenters. The van der Waals surface area contributed by atoms with Gasteiger partial charge in [0.25, 0.3) is 0 Å². The molecular formula is C27H28O4. The van der Waals surface area contributed by atoms with Crippen molar-refractivity contribution < 1.29 is 19.4 Å². The van der Waals surface area contributed by atoms with Crippen molar-refractivity contribution in [2.24, 2.45) is 0 Å².